The van der Waals surface area contributed by atoms with Crippen LogP contribution in [0.1, 0.15) is 0 Å². The Morgan fingerprint density at radius 1 is 0.511 bits per heavy atom. The predicted molar refractivity (Wildman–Crippen MR) is 181 cm³/mol. The molecule has 0 aliphatic heterocycles. The highest BCUT2D eigenvalue weighted by molar-refractivity contribution is 6.11. The van der Waals surface area contributed by atoms with E-state index in [9.17, 15) is 0 Å². The first-order chi connectivity index (χ1) is 22.3. The highest BCUT2D eigenvalue weighted by atomic mass is 15.2. The summed E-state index contributed by atoms with van der Waals surface area (Å²) in [5.74, 6) is 0. The Morgan fingerprint density at radius 2 is 1.24 bits per heavy atom. The zero-order chi connectivity index (χ0) is 29.7. The molecule has 6 heteroatoms. The van der Waals surface area contributed by atoms with E-state index < -0.39 is 0 Å². The van der Waals surface area contributed by atoms with Crippen molar-refractivity contribution in [2.45, 2.75) is 0 Å². The van der Waals surface area contributed by atoms with Crippen LogP contribution in [0.4, 0.5) is 0 Å². The van der Waals surface area contributed by atoms with Crippen molar-refractivity contribution < 1.29 is 0 Å². The molecule has 0 aliphatic carbocycles. The SMILES string of the molecule is c1cncc(-c2cc(-c3cccnc3)cc(-c3cc4ccc(-c5cccc6c7ccccc7nn56)nc4c4ncccc34)c2)c1. The van der Waals surface area contributed by atoms with Crippen LogP contribution in [0, 0.1) is 0 Å². The Hall–Kier alpha value is -6.27. The molecule has 9 aromatic rings. The van der Waals surface area contributed by atoms with Gasteiger partial charge in [0.15, 0.2) is 0 Å². The minimum atomic E-state index is 0.845. The van der Waals surface area contributed by atoms with Crippen molar-refractivity contribution in [2.24, 2.45) is 0 Å². The molecule has 45 heavy (non-hydrogen) atoms. The number of nitrogens with zero attached hydrogens (tertiary/aromatic N) is 6. The van der Waals surface area contributed by atoms with Crippen molar-refractivity contribution >= 4 is 38.2 Å². The maximum absolute atomic E-state index is 5.22. The molecule has 0 N–H and O–H groups in total. The second-order valence-corrected chi connectivity index (χ2v) is 11.1. The number of rotatable bonds is 4. The van der Waals surface area contributed by atoms with Crippen LogP contribution in [0.15, 0.2) is 146 Å². The first-order valence-electron chi connectivity index (χ1n) is 14.8. The third-order valence-electron chi connectivity index (χ3n) is 8.40. The highest BCUT2D eigenvalue weighted by Gasteiger charge is 2.16. The van der Waals surface area contributed by atoms with Gasteiger partial charge in [0, 0.05) is 58.3 Å². The molecule has 6 nitrogen and oxygen atoms in total. The lowest BCUT2D eigenvalue weighted by Gasteiger charge is -2.14. The van der Waals surface area contributed by atoms with Crippen molar-refractivity contribution in [2.75, 3.05) is 0 Å². The molecule has 0 bridgehead atoms. The molecule has 0 saturated heterocycles. The standard InChI is InChI=1S/C39H24N6/c1-2-11-34-32(9-1)36-12-3-13-37(45(36)44-34)35-15-14-25-22-33(31-10-6-18-42-39(31)38(25)43-35)30-20-28(26-7-4-16-40-23-26)19-29(21-30)27-8-5-17-41-24-27/h1-24H. The van der Waals surface area contributed by atoms with Crippen LogP contribution in [0.5, 0.6) is 0 Å². The van der Waals surface area contributed by atoms with Crippen LogP contribution in [0.25, 0.3) is 83.0 Å². The third kappa shape index (κ3) is 4.23. The van der Waals surface area contributed by atoms with Gasteiger partial charge in [0.2, 0.25) is 0 Å². The van der Waals surface area contributed by atoms with Gasteiger partial charge in [-0.1, -0.05) is 48.5 Å². The molecule has 0 fully saturated rings. The maximum Gasteiger partial charge on any atom is 0.0973 e. The number of pyridine rings is 5. The molecule has 9 rings (SSSR count). The predicted octanol–water partition coefficient (Wildman–Crippen LogP) is 9.04. The van der Waals surface area contributed by atoms with E-state index in [1.165, 1.54) is 0 Å². The zero-order valence-corrected chi connectivity index (χ0v) is 24.0. The third-order valence-corrected chi connectivity index (χ3v) is 8.40. The molecule has 210 valence electrons. The van der Waals surface area contributed by atoms with E-state index in [-0.39, 0.29) is 0 Å². The van der Waals surface area contributed by atoms with E-state index in [1.807, 2.05) is 59.5 Å². The fourth-order valence-corrected chi connectivity index (χ4v) is 6.28. The van der Waals surface area contributed by atoms with E-state index in [1.54, 1.807) is 12.4 Å². The fraction of sp³-hybridized carbons (Fsp3) is 0. The van der Waals surface area contributed by atoms with Crippen LogP contribution in [-0.4, -0.2) is 29.5 Å². The van der Waals surface area contributed by atoms with E-state index in [0.29, 0.717) is 0 Å². The molecular formula is C39H24N6. The molecule has 3 aromatic carbocycles. The van der Waals surface area contributed by atoms with Gasteiger partial charge in [0.25, 0.3) is 0 Å². The summed E-state index contributed by atoms with van der Waals surface area (Å²) in [6.45, 7) is 0. The Bertz CT molecular complexity index is 2480. The van der Waals surface area contributed by atoms with Crippen molar-refractivity contribution in [1.82, 2.24) is 29.5 Å². The summed E-state index contributed by atoms with van der Waals surface area (Å²) in [5.41, 5.74) is 12.0. The van der Waals surface area contributed by atoms with E-state index in [2.05, 4.69) is 88.8 Å². The lowest BCUT2D eigenvalue weighted by molar-refractivity contribution is 0.984. The number of fused-ring (bicyclic) bond motifs is 6. The quantitative estimate of drug-likeness (QED) is 0.196. The van der Waals surface area contributed by atoms with Gasteiger partial charge in [-0.25, -0.2) is 9.50 Å². The van der Waals surface area contributed by atoms with Gasteiger partial charge >= 0.3 is 0 Å². The van der Waals surface area contributed by atoms with Crippen LogP contribution >= 0.6 is 0 Å². The van der Waals surface area contributed by atoms with E-state index in [4.69, 9.17) is 15.1 Å². The summed E-state index contributed by atoms with van der Waals surface area (Å²) in [6, 6.07) is 39.8. The Kier molecular flexibility index (Phi) is 5.71. The van der Waals surface area contributed by atoms with Gasteiger partial charge in [-0.3, -0.25) is 15.0 Å². The van der Waals surface area contributed by atoms with Crippen LogP contribution in [-0.2, 0) is 0 Å². The molecule has 6 aromatic heterocycles. The van der Waals surface area contributed by atoms with Crippen LogP contribution in [0.3, 0.4) is 0 Å². The van der Waals surface area contributed by atoms with Gasteiger partial charge in [0.05, 0.1) is 33.5 Å². The number of hydrogen-bond acceptors (Lipinski definition) is 5. The van der Waals surface area contributed by atoms with E-state index in [0.717, 1.165) is 83.0 Å². The maximum atomic E-state index is 5.22. The Labute approximate surface area is 258 Å². The minimum absolute atomic E-state index is 0.845. The molecule has 6 heterocycles. The fourth-order valence-electron chi connectivity index (χ4n) is 6.28. The summed E-state index contributed by atoms with van der Waals surface area (Å²) in [4.78, 5) is 18.9. The lowest BCUT2D eigenvalue weighted by atomic mass is 9.91. The molecule has 0 amide bonds. The average Bonchev–Trinajstić information content (AvgIpc) is 3.51. The summed E-state index contributed by atoms with van der Waals surface area (Å²) in [7, 11) is 0. The van der Waals surface area contributed by atoms with Gasteiger partial charge in [0.1, 0.15) is 0 Å². The second kappa shape index (κ2) is 10.2. The van der Waals surface area contributed by atoms with Crippen molar-refractivity contribution in [3.8, 4) is 44.8 Å². The van der Waals surface area contributed by atoms with Gasteiger partial charge in [-0.15, -0.1) is 0 Å². The average molecular weight is 577 g/mol. The smallest absolute Gasteiger partial charge is 0.0973 e. The topological polar surface area (TPSA) is 68.9 Å². The zero-order valence-electron chi connectivity index (χ0n) is 24.0. The number of hydrogen-bond donors (Lipinski definition) is 0. The molecule has 0 radical (unpaired) electrons. The van der Waals surface area contributed by atoms with Crippen LogP contribution < -0.4 is 0 Å². The summed E-state index contributed by atoms with van der Waals surface area (Å²) >= 11 is 0. The molecule has 0 atom stereocenters. The minimum Gasteiger partial charge on any atom is -0.264 e. The van der Waals surface area contributed by atoms with Crippen LogP contribution in [0.2, 0.25) is 0 Å². The lowest BCUT2D eigenvalue weighted by Crippen LogP contribution is -1.97. The Balaban J connectivity index is 1.27. The van der Waals surface area contributed by atoms with Crippen molar-refractivity contribution in [3.05, 3.63) is 146 Å². The monoisotopic (exact) mass is 576 g/mol. The molecule has 0 saturated carbocycles. The van der Waals surface area contributed by atoms with E-state index >= 15 is 0 Å². The molecule has 0 aliphatic rings. The van der Waals surface area contributed by atoms with Gasteiger partial charge < -0.3 is 0 Å². The molecule has 0 unspecified atom stereocenters. The largest absolute Gasteiger partial charge is 0.264 e. The first kappa shape index (κ1) is 25.2. The highest BCUT2D eigenvalue weighted by Crippen LogP contribution is 2.38. The summed E-state index contributed by atoms with van der Waals surface area (Å²) < 4.78 is 1.99. The van der Waals surface area contributed by atoms with Crippen molar-refractivity contribution in [3.63, 3.8) is 0 Å². The first-order valence-corrected chi connectivity index (χ1v) is 14.8. The summed E-state index contributed by atoms with van der Waals surface area (Å²) in [5, 5.41) is 8.09. The van der Waals surface area contributed by atoms with Crippen molar-refractivity contribution in [1.29, 1.82) is 0 Å². The number of benzene rings is 3. The number of aromatic nitrogens is 6. The molecule has 0 spiro atoms. The van der Waals surface area contributed by atoms with Gasteiger partial charge in [-0.05, 0) is 89.0 Å². The normalized spacial score (nSPS) is 11.6. The van der Waals surface area contributed by atoms with Gasteiger partial charge in [-0.2, -0.15) is 5.10 Å². The Morgan fingerprint density at radius 3 is 2.02 bits per heavy atom. The molecular weight excluding hydrogens is 552 g/mol. The second-order valence-electron chi connectivity index (χ2n) is 11.1. The summed E-state index contributed by atoms with van der Waals surface area (Å²) in [6.07, 6.45) is 9.25.